The van der Waals surface area contributed by atoms with Crippen LogP contribution in [-0.4, -0.2) is 43.7 Å². The second-order valence-corrected chi connectivity index (χ2v) is 6.46. The first-order valence-corrected chi connectivity index (χ1v) is 8.61. The van der Waals surface area contributed by atoms with Gasteiger partial charge in [0.2, 0.25) is 0 Å². The Morgan fingerprint density at radius 2 is 2.14 bits per heavy atom. The van der Waals surface area contributed by atoms with E-state index in [-0.39, 0.29) is 24.0 Å². The third-order valence-corrected chi connectivity index (χ3v) is 4.79. The lowest BCUT2D eigenvalue weighted by Crippen LogP contribution is -2.41. The molecule has 1 aromatic rings. The number of ether oxygens (including phenoxy) is 1. The van der Waals surface area contributed by atoms with Gasteiger partial charge in [-0.25, -0.2) is 0 Å². The van der Waals surface area contributed by atoms with Gasteiger partial charge in [-0.2, -0.15) is 11.8 Å². The number of guanidine groups is 1. The van der Waals surface area contributed by atoms with Gasteiger partial charge < -0.3 is 15.4 Å². The standard InChI is InChI=1S/C16H25N3OS.HI/c1-17-16(19-12-15-8-5-11-21-15)18-9-10-20-13-14-6-3-2-4-7-14;/h2-4,6-7,15H,5,8-13H2,1H3,(H2,17,18,19);1H. The highest BCUT2D eigenvalue weighted by Crippen LogP contribution is 2.25. The van der Waals surface area contributed by atoms with Crippen molar-refractivity contribution in [1.82, 2.24) is 10.6 Å². The number of nitrogens with one attached hydrogen (secondary N) is 2. The van der Waals surface area contributed by atoms with E-state index in [4.69, 9.17) is 4.74 Å². The molecule has 1 fully saturated rings. The monoisotopic (exact) mass is 435 g/mol. The number of nitrogens with zero attached hydrogens (tertiary/aromatic N) is 1. The zero-order valence-electron chi connectivity index (χ0n) is 13.1. The zero-order valence-corrected chi connectivity index (χ0v) is 16.2. The molecule has 1 heterocycles. The maximum atomic E-state index is 5.64. The van der Waals surface area contributed by atoms with Crippen molar-refractivity contribution in [2.75, 3.05) is 32.5 Å². The molecule has 124 valence electrons. The van der Waals surface area contributed by atoms with Gasteiger partial charge in [0.1, 0.15) is 0 Å². The number of aliphatic imine (C=N–C) groups is 1. The summed E-state index contributed by atoms with van der Waals surface area (Å²) in [4.78, 5) is 4.23. The molecule has 2 N–H and O–H groups in total. The maximum absolute atomic E-state index is 5.64. The molecule has 1 atom stereocenters. The van der Waals surface area contributed by atoms with E-state index in [1.54, 1.807) is 0 Å². The quantitative estimate of drug-likeness (QED) is 0.299. The topological polar surface area (TPSA) is 45.7 Å². The summed E-state index contributed by atoms with van der Waals surface area (Å²) >= 11 is 2.05. The minimum absolute atomic E-state index is 0. The van der Waals surface area contributed by atoms with Gasteiger partial charge in [-0.15, -0.1) is 24.0 Å². The Morgan fingerprint density at radius 3 is 2.82 bits per heavy atom. The summed E-state index contributed by atoms with van der Waals surface area (Å²) in [5.41, 5.74) is 1.21. The molecule has 1 aliphatic heterocycles. The van der Waals surface area contributed by atoms with Crippen molar-refractivity contribution in [3.05, 3.63) is 35.9 Å². The lowest BCUT2D eigenvalue weighted by molar-refractivity contribution is 0.125. The van der Waals surface area contributed by atoms with Crippen LogP contribution in [0.5, 0.6) is 0 Å². The van der Waals surface area contributed by atoms with E-state index >= 15 is 0 Å². The lowest BCUT2D eigenvalue weighted by Gasteiger charge is -2.14. The lowest BCUT2D eigenvalue weighted by atomic mass is 10.2. The molecule has 0 bridgehead atoms. The van der Waals surface area contributed by atoms with Crippen LogP contribution in [0.25, 0.3) is 0 Å². The van der Waals surface area contributed by atoms with Crippen LogP contribution in [0.2, 0.25) is 0 Å². The van der Waals surface area contributed by atoms with E-state index in [0.717, 1.165) is 24.3 Å². The Bertz CT molecular complexity index is 425. The van der Waals surface area contributed by atoms with Crippen LogP contribution < -0.4 is 10.6 Å². The SMILES string of the molecule is CN=C(NCCOCc1ccccc1)NCC1CCCS1.I. The summed E-state index contributed by atoms with van der Waals surface area (Å²) in [5, 5.41) is 7.40. The largest absolute Gasteiger partial charge is 0.375 e. The second-order valence-electron chi connectivity index (χ2n) is 5.05. The number of halogens is 1. The Morgan fingerprint density at radius 1 is 1.32 bits per heavy atom. The van der Waals surface area contributed by atoms with Gasteiger partial charge >= 0.3 is 0 Å². The predicted octanol–water partition coefficient (Wildman–Crippen LogP) is 2.88. The summed E-state index contributed by atoms with van der Waals surface area (Å²) in [6.07, 6.45) is 2.66. The molecular weight excluding hydrogens is 409 g/mol. The molecule has 1 aromatic carbocycles. The second kappa shape index (κ2) is 12.0. The van der Waals surface area contributed by atoms with E-state index in [2.05, 4.69) is 39.5 Å². The molecule has 4 nitrogen and oxygen atoms in total. The maximum Gasteiger partial charge on any atom is 0.191 e. The van der Waals surface area contributed by atoms with Gasteiger partial charge in [-0.05, 0) is 24.2 Å². The Hall–Kier alpha value is -0.470. The minimum Gasteiger partial charge on any atom is -0.375 e. The molecule has 0 radical (unpaired) electrons. The highest BCUT2D eigenvalue weighted by atomic mass is 127. The minimum atomic E-state index is 0. The molecule has 1 unspecified atom stereocenters. The van der Waals surface area contributed by atoms with E-state index in [9.17, 15) is 0 Å². The van der Waals surface area contributed by atoms with Gasteiger partial charge in [0.25, 0.3) is 0 Å². The van der Waals surface area contributed by atoms with Gasteiger partial charge in [0, 0.05) is 25.4 Å². The smallest absolute Gasteiger partial charge is 0.191 e. The molecule has 0 aromatic heterocycles. The highest BCUT2D eigenvalue weighted by Gasteiger charge is 2.15. The summed E-state index contributed by atoms with van der Waals surface area (Å²) in [7, 11) is 1.81. The van der Waals surface area contributed by atoms with E-state index in [1.165, 1.54) is 24.2 Å². The number of thioether (sulfide) groups is 1. The summed E-state index contributed by atoms with van der Waals surface area (Å²) in [6.45, 7) is 3.10. The summed E-state index contributed by atoms with van der Waals surface area (Å²) in [6, 6.07) is 10.2. The normalized spacial score (nSPS) is 17.9. The van der Waals surface area contributed by atoms with Gasteiger partial charge in [0.15, 0.2) is 5.96 Å². The van der Waals surface area contributed by atoms with Crippen molar-refractivity contribution in [2.24, 2.45) is 4.99 Å². The fourth-order valence-electron chi connectivity index (χ4n) is 2.24. The first-order chi connectivity index (χ1) is 10.4. The molecule has 0 spiro atoms. The molecular formula is C16H26IN3OS. The van der Waals surface area contributed by atoms with Gasteiger partial charge in [-0.1, -0.05) is 30.3 Å². The Kier molecular flexibility index (Phi) is 10.7. The fourth-order valence-corrected chi connectivity index (χ4v) is 3.44. The molecule has 1 saturated heterocycles. The molecule has 22 heavy (non-hydrogen) atoms. The molecule has 0 saturated carbocycles. The number of rotatable bonds is 7. The first-order valence-electron chi connectivity index (χ1n) is 7.56. The molecule has 0 aliphatic carbocycles. The van der Waals surface area contributed by atoms with E-state index in [0.29, 0.717) is 13.2 Å². The molecule has 1 aliphatic rings. The average molecular weight is 435 g/mol. The van der Waals surface area contributed by atoms with Crippen LogP contribution in [0.4, 0.5) is 0 Å². The zero-order chi connectivity index (χ0) is 14.8. The summed E-state index contributed by atoms with van der Waals surface area (Å²) in [5.74, 6) is 2.16. The van der Waals surface area contributed by atoms with Crippen LogP contribution in [0.15, 0.2) is 35.3 Å². The van der Waals surface area contributed by atoms with Crippen molar-refractivity contribution in [1.29, 1.82) is 0 Å². The highest BCUT2D eigenvalue weighted by molar-refractivity contribution is 14.0. The summed E-state index contributed by atoms with van der Waals surface area (Å²) < 4.78 is 5.64. The van der Waals surface area contributed by atoms with E-state index in [1.807, 2.05) is 25.2 Å². The third kappa shape index (κ3) is 7.69. The van der Waals surface area contributed by atoms with Crippen molar-refractivity contribution < 1.29 is 4.74 Å². The van der Waals surface area contributed by atoms with E-state index < -0.39 is 0 Å². The predicted molar refractivity (Wildman–Crippen MR) is 106 cm³/mol. The molecule has 6 heteroatoms. The van der Waals surface area contributed by atoms with Crippen LogP contribution in [-0.2, 0) is 11.3 Å². The fraction of sp³-hybridized carbons (Fsp3) is 0.562. The van der Waals surface area contributed by atoms with Crippen molar-refractivity contribution in [2.45, 2.75) is 24.7 Å². The number of benzene rings is 1. The van der Waals surface area contributed by atoms with Crippen molar-refractivity contribution >= 4 is 41.7 Å². The van der Waals surface area contributed by atoms with Crippen LogP contribution in [0.3, 0.4) is 0 Å². The van der Waals surface area contributed by atoms with Crippen molar-refractivity contribution in [3.63, 3.8) is 0 Å². The van der Waals surface area contributed by atoms with Gasteiger partial charge in [-0.3, -0.25) is 4.99 Å². The van der Waals surface area contributed by atoms with Crippen LogP contribution in [0, 0.1) is 0 Å². The van der Waals surface area contributed by atoms with Gasteiger partial charge in [0.05, 0.1) is 13.2 Å². The third-order valence-electron chi connectivity index (χ3n) is 3.40. The Balaban J connectivity index is 0.00000242. The number of hydrogen-bond acceptors (Lipinski definition) is 3. The Labute approximate surface area is 154 Å². The molecule has 2 rings (SSSR count). The number of hydrogen-bond donors (Lipinski definition) is 2. The van der Waals surface area contributed by atoms with Crippen LogP contribution >= 0.6 is 35.7 Å². The molecule has 0 amide bonds. The average Bonchev–Trinajstić information content (AvgIpc) is 3.04. The van der Waals surface area contributed by atoms with Crippen LogP contribution in [0.1, 0.15) is 18.4 Å². The van der Waals surface area contributed by atoms with Crippen molar-refractivity contribution in [3.8, 4) is 0 Å². The first kappa shape index (κ1) is 19.6.